The number of hydrogen-bond acceptors (Lipinski definition) is 5. The van der Waals surface area contributed by atoms with Crippen LogP contribution in [0.15, 0.2) is 34.9 Å². The number of nitrogens with zero attached hydrogens (tertiary/aromatic N) is 3. The van der Waals surface area contributed by atoms with E-state index in [4.69, 9.17) is 9.26 Å². The molecule has 0 bridgehead atoms. The van der Waals surface area contributed by atoms with Gasteiger partial charge >= 0.3 is 0 Å². The van der Waals surface area contributed by atoms with Gasteiger partial charge in [0.25, 0.3) is 0 Å². The second-order valence-electron chi connectivity index (χ2n) is 6.38. The molecule has 1 aromatic heterocycles. The van der Waals surface area contributed by atoms with E-state index in [9.17, 15) is 0 Å². The normalized spacial score (nSPS) is 23.3. The second-order valence-corrected chi connectivity index (χ2v) is 6.38. The smallest absolute Gasteiger partial charge is 0.244 e. The topological polar surface area (TPSA) is 51.4 Å². The average molecular weight is 315 g/mol. The zero-order valence-corrected chi connectivity index (χ0v) is 14.1. The molecule has 3 unspecified atom stereocenters. The molecule has 3 atom stereocenters. The third-order valence-electron chi connectivity index (χ3n) is 4.74. The van der Waals surface area contributed by atoms with Crippen molar-refractivity contribution in [3.63, 3.8) is 0 Å². The van der Waals surface area contributed by atoms with Gasteiger partial charge in [-0.2, -0.15) is 4.98 Å². The second kappa shape index (κ2) is 7.23. The molecule has 1 aliphatic heterocycles. The molecule has 2 aromatic rings. The van der Waals surface area contributed by atoms with Crippen molar-refractivity contribution >= 4 is 0 Å². The Hall–Kier alpha value is -1.72. The minimum atomic E-state index is 0.170. The lowest BCUT2D eigenvalue weighted by molar-refractivity contribution is 0.108. The van der Waals surface area contributed by atoms with Crippen molar-refractivity contribution in [1.29, 1.82) is 0 Å². The Bertz CT molecular complexity index is 614. The van der Waals surface area contributed by atoms with Crippen molar-refractivity contribution in [2.45, 2.75) is 44.8 Å². The molecule has 1 saturated heterocycles. The van der Waals surface area contributed by atoms with Crippen LogP contribution in [-0.2, 0) is 4.74 Å². The molecule has 3 rings (SSSR count). The predicted molar refractivity (Wildman–Crippen MR) is 88.2 cm³/mol. The van der Waals surface area contributed by atoms with Crippen molar-refractivity contribution in [2.75, 3.05) is 20.2 Å². The summed E-state index contributed by atoms with van der Waals surface area (Å²) in [6.45, 7) is 6.06. The Morgan fingerprint density at radius 1 is 1.35 bits per heavy atom. The van der Waals surface area contributed by atoms with Crippen molar-refractivity contribution in [3.8, 4) is 0 Å². The first-order valence-electron chi connectivity index (χ1n) is 8.29. The van der Waals surface area contributed by atoms with Gasteiger partial charge in [0, 0.05) is 13.7 Å². The van der Waals surface area contributed by atoms with Crippen LogP contribution in [0.1, 0.15) is 49.0 Å². The van der Waals surface area contributed by atoms with Gasteiger partial charge in [0.1, 0.15) is 0 Å². The molecule has 0 aliphatic carbocycles. The minimum absolute atomic E-state index is 0.170. The highest BCUT2D eigenvalue weighted by molar-refractivity contribution is 5.18. The summed E-state index contributed by atoms with van der Waals surface area (Å²) < 4.78 is 11.0. The maximum absolute atomic E-state index is 5.56. The number of benzene rings is 1. The summed E-state index contributed by atoms with van der Waals surface area (Å²) in [5, 5.41) is 3.94. The van der Waals surface area contributed by atoms with Crippen LogP contribution in [-0.4, -0.2) is 41.3 Å². The van der Waals surface area contributed by atoms with E-state index in [1.54, 1.807) is 7.11 Å². The lowest BCUT2D eigenvalue weighted by atomic mass is 9.97. The fraction of sp³-hybridized carbons (Fsp3) is 0.556. The number of methoxy groups -OCH3 is 1. The van der Waals surface area contributed by atoms with Crippen LogP contribution in [0.25, 0.3) is 0 Å². The minimum Gasteiger partial charge on any atom is -0.380 e. The SMILES string of the molecule is COC1CC(c2nc(C)no2)N(CCC(C)c2ccccc2)C1. The van der Waals surface area contributed by atoms with Crippen LogP contribution < -0.4 is 0 Å². The van der Waals surface area contributed by atoms with Gasteiger partial charge < -0.3 is 9.26 Å². The van der Waals surface area contributed by atoms with E-state index < -0.39 is 0 Å². The van der Waals surface area contributed by atoms with E-state index in [1.807, 2.05) is 6.92 Å². The highest BCUT2D eigenvalue weighted by atomic mass is 16.5. The van der Waals surface area contributed by atoms with Gasteiger partial charge in [0.15, 0.2) is 5.82 Å². The van der Waals surface area contributed by atoms with Gasteiger partial charge in [0.05, 0.1) is 12.1 Å². The average Bonchev–Trinajstić information content (AvgIpc) is 3.19. The number of aryl methyl sites for hydroxylation is 1. The quantitative estimate of drug-likeness (QED) is 0.818. The first kappa shape index (κ1) is 16.1. The van der Waals surface area contributed by atoms with Crippen molar-refractivity contribution in [1.82, 2.24) is 15.0 Å². The van der Waals surface area contributed by atoms with Gasteiger partial charge in [-0.15, -0.1) is 0 Å². The third kappa shape index (κ3) is 3.79. The first-order chi connectivity index (χ1) is 11.2. The Morgan fingerprint density at radius 3 is 2.78 bits per heavy atom. The molecule has 0 radical (unpaired) electrons. The summed E-state index contributed by atoms with van der Waals surface area (Å²) in [6.07, 6.45) is 2.25. The number of ether oxygens (including phenoxy) is 1. The fourth-order valence-corrected chi connectivity index (χ4v) is 3.29. The predicted octanol–water partition coefficient (Wildman–Crippen LogP) is 3.33. The monoisotopic (exact) mass is 315 g/mol. The molecular weight excluding hydrogens is 290 g/mol. The Kier molecular flexibility index (Phi) is 5.08. The Labute approximate surface area is 137 Å². The Morgan fingerprint density at radius 2 is 2.13 bits per heavy atom. The van der Waals surface area contributed by atoms with Crippen molar-refractivity contribution in [3.05, 3.63) is 47.6 Å². The highest BCUT2D eigenvalue weighted by Gasteiger charge is 2.36. The van der Waals surface area contributed by atoms with Gasteiger partial charge in [0.2, 0.25) is 5.89 Å². The van der Waals surface area contributed by atoms with Gasteiger partial charge in [-0.05, 0) is 37.8 Å². The number of aromatic nitrogens is 2. The van der Waals surface area contributed by atoms with Gasteiger partial charge in [-0.3, -0.25) is 4.90 Å². The first-order valence-corrected chi connectivity index (χ1v) is 8.29. The van der Waals surface area contributed by atoms with Crippen molar-refractivity contribution < 1.29 is 9.26 Å². The maximum atomic E-state index is 5.56. The van der Waals surface area contributed by atoms with Crippen molar-refractivity contribution in [2.24, 2.45) is 0 Å². The molecule has 1 aliphatic rings. The van der Waals surface area contributed by atoms with Crippen LogP contribution in [0.4, 0.5) is 0 Å². The number of rotatable bonds is 6. The molecule has 5 nitrogen and oxygen atoms in total. The zero-order valence-electron chi connectivity index (χ0n) is 14.1. The summed E-state index contributed by atoms with van der Waals surface area (Å²) in [7, 11) is 1.77. The summed E-state index contributed by atoms with van der Waals surface area (Å²) >= 11 is 0. The van der Waals surface area contributed by atoms with E-state index in [0.717, 1.165) is 31.8 Å². The number of hydrogen-bond donors (Lipinski definition) is 0. The lowest BCUT2D eigenvalue weighted by Crippen LogP contribution is -2.27. The summed E-state index contributed by atoms with van der Waals surface area (Å²) in [6, 6.07) is 10.8. The third-order valence-corrected chi connectivity index (χ3v) is 4.74. The molecule has 23 heavy (non-hydrogen) atoms. The molecular formula is C18H25N3O2. The van der Waals surface area contributed by atoms with Crippen LogP contribution in [0.5, 0.6) is 0 Å². The largest absolute Gasteiger partial charge is 0.380 e. The molecule has 5 heteroatoms. The maximum Gasteiger partial charge on any atom is 0.244 e. The van der Waals surface area contributed by atoms with Crippen LogP contribution in [0, 0.1) is 6.92 Å². The standard InChI is InChI=1S/C18H25N3O2/c1-13(15-7-5-4-6-8-15)9-10-21-12-16(22-3)11-17(21)18-19-14(2)20-23-18/h4-8,13,16-17H,9-12H2,1-3H3. The number of likely N-dealkylation sites (tertiary alicyclic amines) is 1. The van der Waals surface area contributed by atoms with E-state index in [0.29, 0.717) is 11.7 Å². The molecule has 0 N–H and O–H groups in total. The molecule has 0 saturated carbocycles. The van der Waals surface area contributed by atoms with E-state index in [1.165, 1.54) is 5.56 Å². The van der Waals surface area contributed by atoms with Crippen LogP contribution >= 0.6 is 0 Å². The summed E-state index contributed by atoms with van der Waals surface area (Å²) in [4.78, 5) is 6.84. The van der Waals surface area contributed by atoms with E-state index >= 15 is 0 Å². The van der Waals surface area contributed by atoms with Gasteiger partial charge in [-0.1, -0.05) is 42.4 Å². The summed E-state index contributed by atoms with van der Waals surface area (Å²) in [5.74, 6) is 1.94. The zero-order chi connectivity index (χ0) is 16.2. The summed E-state index contributed by atoms with van der Waals surface area (Å²) in [5.41, 5.74) is 1.39. The fourth-order valence-electron chi connectivity index (χ4n) is 3.29. The van der Waals surface area contributed by atoms with E-state index in [2.05, 4.69) is 52.3 Å². The molecule has 1 aromatic carbocycles. The molecule has 0 amide bonds. The van der Waals surface area contributed by atoms with Gasteiger partial charge in [-0.25, -0.2) is 0 Å². The molecule has 124 valence electrons. The Balaban J connectivity index is 1.65. The molecule has 1 fully saturated rings. The van der Waals surface area contributed by atoms with Crippen LogP contribution in [0.3, 0.4) is 0 Å². The highest BCUT2D eigenvalue weighted by Crippen LogP contribution is 2.33. The lowest BCUT2D eigenvalue weighted by Gasteiger charge is -2.23. The van der Waals surface area contributed by atoms with Crippen LogP contribution in [0.2, 0.25) is 0 Å². The molecule has 2 heterocycles. The van der Waals surface area contributed by atoms with E-state index in [-0.39, 0.29) is 12.1 Å². The molecule has 0 spiro atoms.